The van der Waals surface area contributed by atoms with E-state index in [9.17, 15) is 0 Å². The van der Waals surface area contributed by atoms with Crippen LogP contribution in [0.4, 0.5) is 5.00 Å². The van der Waals surface area contributed by atoms with Crippen LogP contribution >= 0.6 is 28.3 Å². The first-order valence-electron chi connectivity index (χ1n) is 4.35. The van der Waals surface area contributed by atoms with Crippen LogP contribution in [0.15, 0.2) is 16.4 Å². The van der Waals surface area contributed by atoms with Crippen molar-refractivity contribution in [3.8, 4) is 0 Å². The highest BCUT2D eigenvalue weighted by atomic mass is 79.9. The Balaban J connectivity index is 0.000000980. The predicted molar refractivity (Wildman–Crippen MR) is 67.8 cm³/mol. The van der Waals surface area contributed by atoms with Gasteiger partial charge in [-0.05, 0) is 23.9 Å². The topological polar surface area (TPSA) is 27.6 Å². The van der Waals surface area contributed by atoms with Crippen molar-refractivity contribution in [2.24, 2.45) is 4.99 Å². The molecule has 0 radical (unpaired) electrons. The van der Waals surface area contributed by atoms with E-state index in [0.29, 0.717) is 0 Å². The van der Waals surface area contributed by atoms with E-state index < -0.39 is 0 Å². The van der Waals surface area contributed by atoms with Gasteiger partial charge in [0.25, 0.3) is 0 Å². The van der Waals surface area contributed by atoms with Gasteiger partial charge in [0.15, 0.2) is 0 Å². The van der Waals surface area contributed by atoms with Crippen LogP contribution in [0.25, 0.3) is 0 Å². The fourth-order valence-corrected chi connectivity index (χ4v) is 2.36. The van der Waals surface area contributed by atoms with Crippen LogP contribution in [0.3, 0.4) is 0 Å². The molecule has 0 amide bonds. The summed E-state index contributed by atoms with van der Waals surface area (Å²) in [4.78, 5) is 4.15. The summed E-state index contributed by atoms with van der Waals surface area (Å²) in [6.45, 7) is 3.16. The maximum absolute atomic E-state index is 4.15. The first-order valence-corrected chi connectivity index (χ1v) is 5.23. The van der Waals surface area contributed by atoms with Crippen molar-refractivity contribution in [1.29, 1.82) is 0 Å². The summed E-state index contributed by atoms with van der Waals surface area (Å²) in [5.41, 5.74) is 4.61. The van der Waals surface area contributed by atoms with Gasteiger partial charge >= 0.3 is 0 Å². The maximum atomic E-state index is 4.15. The van der Waals surface area contributed by atoms with E-state index in [1.54, 1.807) is 11.3 Å². The minimum absolute atomic E-state index is 0. The van der Waals surface area contributed by atoms with Gasteiger partial charge in [-0.15, -0.1) is 28.3 Å². The SMILES string of the molecule is Br.CN=C1CCN(c2sccc2C)N1. The van der Waals surface area contributed by atoms with Crippen molar-refractivity contribution in [3.05, 3.63) is 17.0 Å². The molecule has 3 nitrogen and oxygen atoms in total. The predicted octanol–water partition coefficient (Wildman–Crippen LogP) is 2.38. The van der Waals surface area contributed by atoms with Crippen molar-refractivity contribution in [1.82, 2.24) is 5.43 Å². The van der Waals surface area contributed by atoms with Gasteiger partial charge in [0, 0.05) is 20.0 Å². The second-order valence-corrected chi connectivity index (χ2v) is 3.99. The zero-order valence-electron chi connectivity index (χ0n) is 8.28. The zero-order chi connectivity index (χ0) is 9.26. The molecule has 0 aliphatic carbocycles. The molecule has 1 aliphatic heterocycles. The summed E-state index contributed by atoms with van der Waals surface area (Å²) in [5.74, 6) is 1.08. The highest BCUT2D eigenvalue weighted by Gasteiger charge is 2.18. The fourth-order valence-electron chi connectivity index (χ4n) is 1.44. The highest BCUT2D eigenvalue weighted by molar-refractivity contribution is 8.93. The Morgan fingerprint density at radius 1 is 1.57 bits per heavy atom. The number of hydrogen-bond acceptors (Lipinski definition) is 3. The smallest absolute Gasteiger partial charge is 0.116 e. The van der Waals surface area contributed by atoms with E-state index in [1.165, 1.54) is 10.6 Å². The normalized spacial score (nSPS) is 18.1. The number of thiophene rings is 1. The van der Waals surface area contributed by atoms with Crippen LogP contribution in [0.2, 0.25) is 0 Å². The Labute approximate surface area is 98.6 Å². The van der Waals surface area contributed by atoms with E-state index in [2.05, 4.69) is 33.8 Å². The molecule has 2 rings (SSSR count). The molecule has 1 aromatic heterocycles. The van der Waals surface area contributed by atoms with Gasteiger partial charge in [-0.25, -0.2) is 0 Å². The molecule has 0 bridgehead atoms. The fraction of sp³-hybridized carbons (Fsp3) is 0.444. The molecule has 0 atom stereocenters. The van der Waals surface area contributed by atoms with Crippen LogP contribution in [0.5, 0.6) is 0 Å². The lowest BCUT2D eigenvalue weighted by atomic mass is 10.3. The van der Waals surface area contributed by atoms with Gasteiger partial charge in [0.1, 0.15) is 10.8 Å². The molecule has 78 valence electrons. The molecule has 14 heavy (non-hydrogen) atoms. The standard InChI is InChI=1S/C9H13N3S.BrH/c1-7-4-6-13-9(7)12-5-3-8(10-2)11-12;/h4,6H,3,5H2,1-2H3,(H,10,11);1H. The number of amidine groups is 1. The third-order valence-corrected chi connectivity index (χ3v) is 3.22. The Kier molecular flexibility index (Phi) is 3.95. The number of halogens is 1. The summed E-state index contributed by atoms with van der Waals surface area (Å²) < 4.78 is 0. The van der Waals surface area contributed by atoms with Crippen molar-refractivity contribution in [2.45, 2.75) is 13.3 Å². The van der Waals surface area contributed by atoms with E-state index in [0.717, 1.165) is 18.8 Å². The van der Waals surface area contributed by atoms with E-state index in [4.69, 9.17) is 0 Å². The molecule has 1 fully saturated rings. The first kappa shape index (κ1) is 11.5. The van der Waals surface area contributed by atoms with Gasteiger partial charge in [-0.1, -0.05) is 0 Å². The molecule has 1 saturated heterocycles. The average molecular weight is 276 g/mol. The second-order valence-electron chi connectivity index (χ2n) is 3.09. The number of hydrazine groups is 1. The third kappa shape index (κ3) is 2.09. The number of anilines is 1. The van der Waals surface area contributed by atoms with E-state index in [-0.39, 0.29) is 17.0 Å². The molecule has 0 unspecified atom stereocenters. The monoisotopic (exact) mass is 275 g/mol. The minimum Gasteiger partial charge on any atom is -0.285 e. The molecule has 2 heterocycles. The molecule has 5 heteroatoms. The lowest BCUT2D eigenvalue weighted by Gasteiger charge is -2.16. The number of nitrogens with one attached hydrogen (secondary N) is 1. The van der Waals surface area contributed by atoms with Gasteiger partial charge in [0.2, 0.25) is 0 Å². The molecule has 1 aromatic rings. The molecule has 0 aromatic carbocycles. The number of nitrogens with zero attached hydrogens (tertiary/aromatic N) is 2. The Morgan fingerprint density at radius 2 is 2.36 bits per heavy atom. The van der Waals surface area contributed by atoms with Crippen LogP contribution in [-0.4, -0.2) is 19.4 Å². The zero-order valence-corrected chi connectivity index (χ0v) is 10.8. The van der Waals surface area contributed by atoms with Gasteiger partial charge in [0.05, 0.1) is 0 Å². The van der Waals surface area contributed by atoms with E-state index >= 15 is 0 Å². The van der Waals surface area contributed by atoms with Gasteiger partial charge < -0.3 is 0 Å². The summed E-state index contributed by atoms with van der Waals surface area (Å²) in [5, 5.41) is 5.59. The Bertz CT molecular complexity index is 335. The largest absolute Gasteiger partial charge is 0.285 e. The Morgan fingerprint density at radius 3 is 2.86 bits per heavy atom. The van der Waals surface area contributed by atoms with Crippen molar-refractivity contribution in [2.75, 3.05) is 18.6 Å². The summed E-state index contributed by atoms with van der Waals surface area (Å²) in [7, 11) is 1.83. The molecule has 1 N–H and O–H groups in total. The summed E-state index contributed by atoms with van der Waals surface area (Å²) in [6, 6.07) is 2.14. The molecular weight excluding hydrogens is 262 g/mol. The van der Waals surface area contributed by atoms with Crippen LogP contribution in [0, 0.1) is 6.92 Å². The quantitative estimate of drug-likeness (QED) is 0.852. The third-order valence-electron chi connectivity index (χ3n) is 2.19. The summed E-state index contributed by atoms with van der Waals surface area (Å²) >= 11 is 1.77. The van der Waals surface area contributed by atoms with Crippen LogP contribution in [0.1, 0.15) is 12.0 Å². The van der Waals surface area contributed by atoms with Crippen molar-refractivity contribution in [3.63, 3.8) is 0 Å². The van der Waals surface area contributed by atoms with Crippen molar-refractivity contribution < 1.29 is 0 Å². The average Bonchev–Trinajstić information content (AvgIpc) is 2.71. The molecular formula is C9H14BrN3S. The molecule has 1 aliphatic rings. The van der Waals surface area contributed by atoms with Crippen LogP contribution in [-0.2, 0) is 0 Å². The number of rotatable bonds is 1. The Hall–Kier alpha value is -0.550. The second kappa shape index (κ2) is 4.79. The number of hydrogen-bond donors (Lipinski definition) is 1. The summed E-state index contributed by atoms with van der Waals surface area (Å²) in [6.07, 6.45) is 1.02. The van der Waals surface area contributed by atoms with Crippen LogP contribution < -0.4 is 10.4 Å². The lowest BCUT2D eigenvalue weighted by Crippen LogP contribution is -2.32. The first-order chi connectivity index (χ1) is 6.31. The van der Waals surface area contributed by atoms with E-state index in [1.807, 2.05) is 7.05 Å². The maximum Gasteiger partial charge on any atom is 0.116 e. The molecule has 0 saturated carbocycles. The van der Waals surface area contributed by atoms with Gasteiger partial charge in [-0.3, -0.25) is 15.4 Å². The van der Waals surface area contributed by atoms with Crippen molar-refractivity contribution >= 4 is 39.2 Å². The highest BCUT2D eigenvalue weighted by Crippen LogP contribution is 2.27. The number of aryl methyl sites for hydroxylation is 1. The lowest BCUT2D eigenvalue weighted by molar-refractivity contribution is 0.864. The van der Waals surface area contributed by atoms with Gasteiger partial charge in [-0.2, -0.15) is 0 Å². The molecule has 0 spiro atoms. The number of aliphatic imine (C=N–C) groups is 1. The minimum atomic E-state index is 0.